The molecule has 4 aromatic rings. The second kappa shape index (κ2) is 7.43. The molecule has 0 saturated heterocycles. The van der Waals surface area contributed by atoms with Crippen LogP contribution in [0.5, 0.6) is 0 Å². The van der Waals surface area contributed by atoms with Crippen molar-refractivity contribution in [2.24, 2.45) is 12.8 Å². The first-order chi connectivity index (χ1) is 14.0. The molecule has 29 heavy (non-hydrogen) atoms. The Morgan fingerprint density at radius 2 is 1.97 bits per heavy atom. The number of amides is 1. The number of hydrogen-bond donors (Lipinski definition) is 1. The minimum atomic E-state index is -0.595. The highest BCUT2D eigenvalue weighted by Crippen LogP contribution is 2.35. The van der Waals surface area contributed by atoms with Crippen molar-refractivity contribution in [2.75, 3.05) is 0 Å². The number of carbonyl (C=O) groups is 1. The number of rotatable bonds is 5. The number of primary amides is 1. The Kier molecular flexibility index (Phi) is 4.80. The molecule has 2 N–H and O–H groups in total. The number of aryl methyl sites for hydroxylation is 2. The molecule has 0 saturated carbocycles. The van der Waals surface area contributed by atoms with Crippen LogP contribution in [0.3, 0.4) is 0 Å². The second-order valence-corrected chi connectivity index (χ2v) is 7.03. The molecular weight excluding hydrogens is 364 g/mol. The monoisotopic (exact) mass is 386 g/mol. The number of nitrogens with two attached hydrogens (primary N) is 1. The van der Waals surface area contributed by atoms with E-state index in [1.165, 1.54) is 6.20 Å². The van der Waals surface area contributed by atoms with E-state index in [9.17, 15) is 4.79 Å². The largest absolute Gasteiger partial charge is 0.364 e. The standard InChI is InChI=1S/C22H22N6O/c1-4-6-19-20(21(27-28(19)3)16-8-5-7-13(2)25-16)14-9-10-15-17(11-14)26-18(12-24-15)22(23)29/h5,7-12H,4,6H2,1-3H3,(H2,23,29). The Balaban J connectivity index is 1.96. The SMILES string of the molecule is CCCc1c(-c2ccc3ncc(C(N)=O)nc3c2)c(-c2cccc(C)n2)nn1C. The van der Waals surface area contributed by atoms with Gasteiger partial charge in [-0.25, -0.2) is 4.98 Å². The third kappa shape index (κ3) is 3.47. The molecule has 0 atom stereocenters. The van der Waals surface area contributed by atoms with Crippen molar-refractivity contribution in [1.82, 2.24) is 24.7 Å². The van der Waals surface area contributed by atoms with Crippen LogP contribution in [0.15, 0.2) is 42.6 Å². The summed E-state index contributed by atoms with van der Waals surface area (Å²) < 4.78 is 1.92. The zero-order valence-corrected chi connectivity index (χ0v) is 16.7. The molecule has 0 fully saturated rings. The van der Waals surface area contributed by atoms with Gasteiger partial charge in [0.1, 0.15) is 11.4 Å². The first-order valence-electron chi connectivity index (χ1n) is 9.54. The van der Waals surface area contributed by atoms with E-state index in [2.05, 4.69) is 21.9 Å². The number of hydrogen-bond acceptors (Lipinski definition) is 5. The number of nitrogens with zero attached hydrogens (tertiary/aromatic N) is 5. The lowest BCUT2D eigenvalue weighted by Crippen LogP contribution is -2.13. The van der Waals surface area contributed by atoms with Gasteiger partial charge in [0, 0.05) is 24.0 Å². The minimum absolute atomic E-state index is 0.148. The van der Waals surface area contributed by atoms with E-state index in [1.54, 1.807) is 0 Å². The number of carbonyl (C=O) groups excluding carboxylic acids is 1. The van der Waals surface area contributed by atoms with Crippen LogP contribution in [0.4, 0.5) is 0 Å². The second-order valence-electron chi connectivity index (χ2n) is 7.03. The van der Waals surface area contributed by atoms with Crippen LogP contribution in [0.1, 0.15) is 35.2 Å². The molecular formula is C22H22N6O. The molecule has 3 aromatic heterocycles. The molecule has 0 aliphatic heterocycles. The average molecular weight is 386 g/mol. The van der Waals surface area contributed by atoms with Crippen molar-refractivity contribution >= 4 is 16.9 Å². The third-order valence-corrected chi connectivity index (χ3v) is 4.87. The van der Waals surface area contributed by atoms with Crippen LogP contribution >= 0.6 is 0 Å². The third-order valence-electron chi connectivity index (χ3n) is 4.87. The van der Waals surface area contributed by atoms with Crippen molar-refractivity contribution in [1.29, 1.82) is 0 Å². The van der Waals surface area contributed by atoms with Crippen LogP contribution in [-0.4, -0.2) is 30.6 Å². The van der Waals surface area contributed by atoms with E-state index < -0.39 is 5.91 Å². The lowest BCUT2D eigenvalue weighted by Gasteiger charge is -2.09. The molecule has 0 unspecified atom stereocenters. The van der Waals surface area contributed by atoms with Crippen molar-refractivity contribution < 1.29 is 4.79 Å². The molecule has 3 heterocycles. The van der Waals surface area contributed by atoms with Gasteiger partial charge in [-0.1, -0.05) is 25.5 Å². The average Bonchev–Trinajstić information content (AvgIpc) is 3.04. The zero-order chi connectivity index (χ0) is 20.5. The summed E-state index contributed by atoms with van der Waals surface area (Å²) >= 11 is 0. The molecule has 0 radical (unpaired) electrons. The summed E-state index contributed by atoms with van der Waals surface area (Å²) in [5.41, 5.74) is 12.6. The Morgan fingerprint density at radius 3 is 2.69 bits per heavy atom. The normalized spacial score (nSPS) is 11.1. The molecule has 146 valence electrons. The predicted molar refractivity (Wildman–Crippen MR) is 112 cm³/mol. The first kappa shape index (κ1) is 18.7. The Bertz CT molecular complexity index is 1230. The van der Waals surface area contributed by atoms with Gasteiger partial charge in [-0.2, -0.15) is 5.10 Å². The van der Waals surface area contributed by atoms with E-state index in [-0.39, 0.29) is 5.69 Å². The Hall–Kier alpha value is -3.61. The molecule has 7 nitrogen and oxygen atoms in total. The topological polar surface area (TPSA) is 99.6 Å². The number of pyridine rings is 1. The fraction of sp³-hybridized carbons (Fsp3) is 0.227. The quantitative estimate of drug-likeness (QED) is 0.566. The van der Waals surface area contributed by atoms with E-state index >= 15 is 0 Å². The number of benzene rings is 1. The fourth-order valence-electron chi connectivity index (χ4n) is 3.53. The van der Waals surface area contributed by atoms with Gasteiger partial charge in [0.15, 0.2) is 0 Å². The maximum atomic E-state index is 11.5. The molecule has 4 rings (SSSR count). The highest BCUT2D eigenvalue weighted by molar-refractivity contribution is 5.93. The lowest BCUT2D eigenvalue weighted by atomic mass is 9.98. The summed E-state index contributed by atoms with van der Waals surface area (Å²) in [6, 6.07) is 11.8. The van der Waals surface area contributed by atoms with Gasteiger partial charge in [-0.3, -0.25) is 19.4 Å². The van der Waals surface area contributed by atoms with Gasteiger partial charge in [-0.05, 0) is 43.2 Å². The van der Waals surface area contributed by atoms with E-state index in [1.807, 2.05) is 55.1 Å². The van der Waals surface area contributed by atoms with Crippen LogP contribution in [0, 0.1) is 6.92 Å². The molecule has 0 bridgehead atoms. The fourth-order valence-corrected chi connectivity index (χ4v) is 3.53. The molecule has 0 spiro atoms. The van der Waals surface area contributed by atoms with E-state index in [4.69, 9.17) is 10.8 Å². The smallest absolute Gasteiger partial charge is 0.268 e. The Morgan fingerprint density at radius 1 is 1.14 bits per heavy atom. The van der Waals surface area contributed by atoms with Gasteiger partial charge >= 0.3 is 0 Å². The summed E-state index contributed by atoms with van der Waals surface area (Å²) in [4.78, 5) is 24.9. The van der Waals surface area contributed by atoms with Crippen LogP contribution in [-0.2, 0) is 13.5 Å². The summed E-state index contributed by atoms with van der Waals surface area (Å²) in [7, 11) is 1.96. The molecule has 1 aromatic carbocycles. The number of fused-ring (bicyclic) bond motifs is 1. The number of aromatic nitrogens is 5. The van der Waals surface area contributed by atoms with Gasteiger partial charge in [0.25, 0.3) is 5.91 Å². The van der Waals surface area contributed by atoms with E-state index in [0.29, 0.717) is 11.0 Å². The molecule has 0 aliphatic carbocycles. The highest BCUT2D eigenvalue weighted by Gasteiger charge is 2.20. The highest BCUT2D eigenvalue weighted by atomic mass is 16.1. The summed E-state index contributed by atoms with van der Waals surface area (Å²) in [6.07, 6.45) is 3.28. The van der Waals surface area contributed by atoms with Crippen LogP contribution in [0.25, 0.3) is 33.5 Å². The van der Waals surface area contributed by atoms with E-state index in [0.717, 1.165) is 46.7 Å². The minimum Gasteiger partial charge on any atom is -0.364 e. The predicted octanol–water partition coefficient (Wildman–Crippen LogP) is 3.45. The van der Waals surface area contributed by atoms with Gasteiger partial charge in [0.2, 0.25) is 0 Å². The van der Waals surface area contributed by atoms with Gasteiger partial charge in [-0.15, -0.1) is 0 Å². The van der Waals surface area contributed by atoms with Crippen LogP contribution < -0.4 is 5.73 Å². The summed E-state index contributed by atoms with van der Waals surface area (Å²) in [6.45, 7) is 4.11. The zero-order valence-electron chi connectivity index (χ0n) is 16.7. The maximum Gasteiger partial charge on any atom is 0.268 e. The lowest BCUT2D eigenvalue weighted by molar-refractivity contribution is 0.0995. The molecule has 1 amide bonds. The first-order valence-corrected chi connectivity index (χ1v) is 9.54. The molecule has 7 heteroatoms. The van der Waals surface area contributed by atoms with Crippen molar-refractivity contribution in [3.05, 3.63) is 59.7 Å². The van der Waals surface area contributed by atoms with Crippen LogP contribution in [0.2, 0.25) is 0 Å². The molecule has 0 aliphatic rings. The summed E-state index contributed by atoms with van der Waals surface area (Å²) in [5.74, 6) is -0.595. The maximum absolute atomic E-state index is 11.5. The van der Waals surface area contributed by atoms with Gasteiger partial charge in [0.05, 0.1) is 22.9 Å². The Labute approximate surface area is 168 Å². The van der Waals surface area contributed by atoms with Crippen molar-refractivity contribution in [3.63, 3.8) is 0 Å². The van der Waals surface area contributed by atoms with Crippen molar-refractivity contribution in [2.45, 2.75) is 26.7 Å². The van der Waals surface area contributed by atoms with Crippen molar-refractivity contribution in [3.8, 4) is 22.5 Å². The summed E-state index contributed by atoms with van der Waals surface area (Å²) in [5, 5.41) is 4.79. The van der Waals surface area contributed by atoms with Gasteiger partial charge < -0.3 is 5.73 Å².